The third-order valence-corrected chi connectivity index (χ3v) is 3.11. The molecule has 0 aliphatic heterocycles. The molecule has 2 N–H and O–H groups in total. The van der Waals surface area contributed by atoms with Crippen molar-refractivity contribution in [2.45, 2.75) is 27.2 Å². The molecule has 1 amide bonds. The zero-order valence-electron chi connectivity index (χ0n) is 12.9. The lowest BCUT2D eigenvalue weighted by atomic mass is 10.2. The average molecular weight is 287 g/mol. The van der Waals surface area contributed by atoms with Crippen LogP contribution in [0.25, 0.3) is 0 Å². The zero-order chi connectivity index (χ0) is 15.4. The van der Waals surface area contributed by atoms with Crippen LogP contribution in [0.3, 0.4) is 0 Å². The Morgan fingerprint density at radius 1 is 1.33 bits per heavy atom. The van der Waals surface area contributed by atoms with Crippen LogP contribution in [0, 0.1) is 13.8 Å². The lowest BCUT2D eigenvalue weighted by molar-refractivity contribution is 0.102. The smallest absolute Gasteiger partial charge is 0.259 e. The van der Waals surface area contributed by atoms with Crippen molar-refractivity contribution in [3.05, 3.63) is 35.4 Å². The molecule has 6 heteroatoms. The number of rotatable bonds is 5. The number of carbonyl (C=O) groups excluding carboxylic acids is 1. The molecular formula is C15H21N5O. The fourth-order valence-corrected chi connectivity index (χ4v) is 2.06. The summed E-state index contributed by atoms with van der Waals surface area (Å²) in [6.45, 7) is 6.67. The second-order valence-electron chi connectivity index (χ2n) is 5.05. The zero-order valence-corrected chi connectivity index (χ0v) is 12.9. The Bertz CT molecular complexity index is 648. The molecule has 0 unspecified atom stereocenters. The summed E-state index contributed by atoms with van der Waals surface area (Å²) in [5, 5.41) is 10.4. The molecule has 0 atom stereocenters. The van der Waals surface area contributed by atoms with Gasteiger partial charge in [0.25, 0.3) is 5.91 Å². The average Bonchev–Trinajstić information content (AvgIpc) is 2.74. The van der Waals surface area contributed by atoms with Gasteiger partial charge < -0.3 is 10.6 Å². The molecule has 0 aliphatic carbocycles. The summed E-state index contributed by atoms with van der Waals surface area (Å²) in [5.41, 5.74) is 3.72. The summed E-state index contributed by atoms with van der Waals surface area (Å²) in [6.07, 6.45) is 4.38. The fourth-order valence-electron chi connectivity index (χ4n) is 2.06. The Balaban J connectivity index is 2.24. The van der Waals surface area contributed by atoms with E-state index in [1.54, 1.807) is 17.1 Å². The Labute approximate surface area is 124 Å². The van der Waals surface area contributed by atoms with Gasteiger partial charge in [0.2, 0.25) is 0 Å². The molecule has 0 aromatic carbocycles. The van der Waals surface area contributed by atoms with E-state index in [-0.39, 0.29) is 5.91 Å². The lowest BCUT2D eigenvalue weighted by Crippen LogP contribution is -2.16. The Hall–Kier alpha value is -2.37. The molecule has 0 bridgehead atoms. The van der Waals surface area contributed by atoms with Crippen LogP contribution < -0.4 is 10.6 Å². The lowest BCUT2D eigenvalue weighted by Gasteiger charge is -2.11. The van der Waals surface area contributed by atoms with Crippen LogP contribution in [0.2, 0.25) is 0 Å². The summed E-state index contributed by atoms with van der Waals surface area (Å²) in [5.74, 6) is -0.183. The van der Waals surface area contributed by atoms with E-state index in [0.717, 1.165) is 30.0 Å². The molecule has 2 heterocycles. The van der Waals surface area contributed by atoms with Crippen molar-refractivity contribution < 1.29 is 4.79 Å². The number of amides is 1. The molecule has 6 nitrogen and oxygen atoms in total. The molecule has 0 radical (unpaired) electrons. The number of aryl methyl sites for hydroxylation is 3. The molecule has 0 spiro atoms. The van der Waals surface area contributed by atoms with Crippen molar-refractivity contribution in [2.75, 3.05) is 17.2 Å². The normalized spacial score (nSPS) is 10.5. The van der Waals surface area contributed by atoms with E-state index in [9.17, 15) is 4.79 Å². The van der Waals surface area contributed by atoms with Gasteiger partial charge >= 0.3 is 0 Å². The van der Waals surface area contributed by atoms with Crippen molar-refractivity contribution in [3.8, 4) is 0 Å². The Morgan fingerprint density at radius 3 is 2.71 bits per heavy atom. The number of pyridine rings is 1. The predicted octanol–water partition coefficient (Wildman–Crippen LogP) is 2.51. The highest BCUT2D eigenvalue weighted by molar-refractivity contribution is 6.08. The second-order valence-corrected chi connectivity index (χ2v) is 5.05. The van der Waals surface area contributed by atoms with Crippen LogP contribution in [0.4, 0.5) is 11.4 Å². The van der Waals surface area contributed by atoms with Gasteiger partial charge in [0.1, 0.15) is 0 Å². The van der Waals surface area contributed by atoms with Crippen LogP contribution in [-0.4, -0.2) is 27.2 Å². The molecule has 112 valence electrons. The van der Waals surface area contributed by atoms with Crippen LogP contribution in [0.5, 0.6) is 0 Å². The van der Waals surface area contributed by atoms with Crippen molar-refractivity contribution in [2.24, 2.45) is 7.05 Å². The number of nitrogens with zero attached hydrogens (tertiary/aromatic N) is 3. The third kappa shape index (κ3) is 3.59. The van der Waals surface area contributed by atoms with Gasteiger partial charge in [0.15, 0.2) is 0 Å². The molecule has 21 heavy (non-hydrogen) atoms. The minimum Gasteiger partial charge on any atom is -0.384 e. The standard InChI is InChI=1S/C15H21N5O/c1-5-6-16-13-7-10(2)17-8-12(13)15(21)18-14-9-20(4)19-11(14)3/h7-9H,5-6H2,1-4H3,(H,16,17)(H,18,21). The number of hydrogen-bond donors (Lipinski definition) is 2. The molecule has 2 aromatic rings. The number of anilines is 2. The topological polar surface area (TPSA) is 71.8 Å². The van der Waals surface area contributed by atoms with Crippen LogP contribution in [0.15, 0.2) is 18.5 Å². The summed E-state index contributed by atoms with van der Waals surface area (Å²) >= 11 is 0. The van der Waals surface area contributed by atoms with Gasteiger partial charge in [-0.1, -0.05) is 6.92 Å². The van der Waals surface area contributed by atoms with Gasteiger partial charge in [-0.25, -0.2) is 0 Å². The van der Waals surface area contributed by atoms with Gasteiger partial charge in [-0.2, -0.15) is 5.10 Å². The summed E-state index contributed by atoms with van der Waals surface area (Å²) < 4.78 is 1.68. The highest BCUT2D eigenvalue weighted by Gasteiger charge is 2.14. The van der Waals surface area contributed by atoms with E-state index >= 15 is 0 Å². The van der Waals surface area contributed by atoms with E-state index < -0.39 is 0 Å². The van der Waals surface area contributed by atoms with Crippen LogP contribution in [0.1, 0.15) is 35.1 Å². The Morgan fingerprint density at radius 2 is 2.10 bits per heavy atom. The van der Waals surface area contributed by atoms with Crippen LogP contribution >= 0.6 is 0 Å². The summed E-state index contributed by atoms with van der Waals surface area (Å²) in [4.78, 5) is 16.7. The summed E-state index contributed by atoms with van der Waals surface area (Å²) in [6, 6.07) is 1.89. The molecule has 0 fully saturated rings. The maximum absolute atomic E-state index is 12.4. The quantitative estimate of drug-likeness (QED) is 0.886. The van der Waals surface area contributed by atoms with Crippen LogP contribution in [-0.2, 0) is 7.05 Å². The number of hydrogen-bond acceptors (Lipinski definition) is 4. The van der Waals surface area contributed by atoms with E-state index in [2.05, 4.69) is 27.6 Å². The number of nitrogens with one attached hydrogen (secondary N) is 2. The van der Waals surface area contributed by atoms with E-state index in [1.165, 1.54) is 0 Å². The van der Waals surface area contributed by atoms with E-state index in [4.69, 9.17) is 0 Å². The van der Waals surface area contributed by atoms with E-state index in [0.29, 0.717) is 11.3 Å². The number of carbonyl (C=O) groups is 1. The first-order valence-electron chi connectivity index (χ1n) is 7.03. The first-order chi connectivity index (χ1) is 10.0. The minimum atomic E-state index is -0.183. The molecule has 2 aromatic heterocycles. The first kappa shape index (κ1) is 15.0. The fraction of sp³-hybridized carbons (Fsp3) is 0.400. The minimum absolute atomic E-state index is 0.183. The molecular weight excluding hydrogens is 266 g/mol. The third-order valence-electron chi connectivity index (χ3n) is 3.11. The molecule has 0 aliphatic rings. The number of aromatic nitrogens is 3. The van der Waals surface area contributed by atoms with Gasteiger partial charge in [0, 0.05) is 31.7 Å². The second kappa shape index (κ2) is 6.39. The molecule has 2 rings (SSSR count). The van der Waals surface area contributed by atoms with Crippen molar-refractivity contribution in [1.29, 1.82) is 0 Å². The highest BCUT2D eigenvalue weighted by Crippen LogP contribution is 2.19. The van der Waals surface area contributed by atoms with Gasteiger partial charge in [-0.05, 0) is 26.3 Å². The van der Waals surface area contributed by atoms with Gasteiger partial charge in [0.05, 0.1) is 22.6 Å². The highest BCUT2D eigenvalue weighted by atomic mass is 16.1. The Kier molecular flexibility index (Phi) is 4.57. The van der Waals surface area contributed by atoms with Crippen molar-refractivity contribution >= 4 is 17.3 Å². The first-order valence-corrected chi connectivity index (χ1v) is 7.03. The van der Waals surface area contributed by atoms with Gasteiger partial charge in [-0.3, -0.25) is 14.5 Å². The summed E-state index contributed by atoms with van der Waals surface area (Å²) in [7, 11) is 1.82. The van der Waals surface area contributed by atoms with Crippen molar-refractivity contribution in [1.82, 2.24) is 14.8 Å². The molecule has 0 saturated carbocycles. The monoisotopic (exact) mass is 287 g/mol. The maximum Gasteiger partial charge on any atom is 0.259 e. The predicted molar refractivity (Wildman–Crippen MR) is 83.7 cm³/mol. The largest absolute Gasteiger partial charge is 0.384 e. The van der Waals surface area contributed by atoms with Crippen molar-refractivity contribution in [3.63, 3.8) is 0 Å². The SMILES string of the molecule is CCCNc1cc(C)ncc1C(=O)Nc1cn(C)nc1C. The molecule has 0 saturated heterocycles. The van der Waals surface area contributed by atoms with E-state index in [1.807, 2.05) is 27.0 Å². The van der Waals surface area contributed by atoms with Gasteiger partial charge in [-0.15, -0.1) is 0 Å². The maximum atomic E-state index is 12.4.